The van der Waals surface area contributed by atoms with Crippen LogP contribution in [-0.4, -0.2) is 33.8 Å². The highest BCUT2D eigenvalue weighted by atomic mass is 16.5. The molecule has 0 radical (unpaired) electrons. The van der Waals surface area contributed by atoms with Crippen LogP contribution in [0.5, 0.6) is 0 Å². The Morgan fingerprint density at radius 3 is 2.50 bits per heavy atom. The average Bonchev–Trinajstić information content (AvgIpc) is 3.13. The fourth-order valence-electron chi connectivity index (χ4n) is 4.22. The standard InChI is InChI=1S/C17H19NO6/c19-14(20)13-11-6-7-12(8-11)17(13,15(21)22)18-16(23)24-9-10-4-2-1-3-5-10/h1-5,11-13H,6-9H2,(H,18,23)(H,19,20)(H,21,22)/t11-,12+,13+,17-/m1/s1. The van der Waals surface area contributed by atoms with E-state index in [4.69, 9.17) is 4.74 Å². The molecule has 0 unspecified atom stereocenters. The normalized spacial score (nSPS) is 30.8. The van der Waals surface area contributed by atoms with Crippen molar-refractivity contribution in [2.45, 2.75) is 31.4 Å². The monoisotopic (exact) mass is 333 g/mol. The van der Waals surface area contributed by atoms with Gasteiger partial charge in [0.05, 0.1) is 5.92 Å². The Morgan fingerprint density at radius 1 is 1.17 bits per heavy atom. The largest absolute Gasteiger partial charge is 0.481 e. The maximum atomic E-state index is 12.1. The maximum Gasteiger partial charge on any atom is 0.408 e. The molecule has 2 aliphatic carbocycles. The van der Waals surface area contributed by atoms with Gasteiger partial charge in [-0.2, -0.15) is 0 Å². The highest BCUT2D eigenvalue weighted by molar-refractivity contribution is 5.92. The molecular formula is C17H19NO6. The molecule has 0 spiro atoms. The number of nitrogens with one attached hydrogen (secondary N) is 1. The van der Waals surface area contributed by atoms with Crippen molar-refractivity contribution < 1.29 is 29.3 Å². The molecule has 3 rings (SSSR count). The van der Waals surface area contributed by atoms with Crippen molar-refractivity contribution in [3.63, 3.8) is 0 Å². The van der Waals surface area contributed by atoms with Gasteiger partial charge in [0.15, 0.2) is 5.54 Å². The van der Waals surface area contributed by atoms with Gasteiger partial charge in [0.1, 0.15) is 6.61 Å². The predicted molar refractivity (Wildman–Crippen MR) is 82.1 cm³/mol. The molecule has 1 aromatic carbocycles. The molecule has 7 nitrogen and oxygen atoms in total. The van der Waals surface area contributed by atoms with Crippen LogP contribution in [0.1, 0.15) is 24.8 Å². The molecule has 24 heavy (non-hydrogen) atoms. The molecule has 3 N–H and O–H groups in total. The van der Waals surface area contributed by atoms with Gasteiger partial charge in [-0.25, -0.2) is 9.59 Å². The SMILES string of the molecule is O=C(N[C@]1(C(=O)O)[C@H]2CC[C@H](C2)[C@H]1C(=O)O)OCc1ccccc1. The summed E-state index contributed by atoms with van der Waals surface area (Å²) in [5.74, 6) is -4.23. The zero-order valence-electron chi connectivity index (χ0n) is 13.0. The van der Waals surface area contributed by atoms with Crippen LogP contribution in [-0.2, 0) is 20.9 Å². The summed E-state index contributed by atoms with van der Waals surface area (Å²) in [6, 6.07) is 8.98. The van der Waals surface area contributed by atoms with Gasteiger partial charge in [-0.15, -0.1) is 0 Å². The molecule has 128 valence electrons. The Bertz CT molecular complexity index is 660. The number of carboxylic acid groups (broad SMARTS) is 2. The van der Waals surface area contributed by atoms with E-state index in [2.05, 4.69) is 5.32 Å². The number of carbonyl (C=O) groups excluding carboxylic acids is 1. The number of benzene rings is 1. The molecule has 0 aromatic heterocycles. The summed E-state index contributed by atoms with van der Waals surface area (Å²) in [7, 11) is 0. The van der Waals surface area contributed by atoms with Crippen molar-refractivity contribution in [3.05, 3.63) is 35.9 Å². The van der Waals surface area contributed by atoms with Gasteiger partial charge in [-0.1, -0.05) is 30.3 Å². The van der Waals surface area contributed by atoms with Crippen LogP contribution in [0.3, 0.4) is 0 Å². The number of hydrogen-bond acceptors (Lipinski definition) is 4. The number of alkyl carbamates (subject to hydrolysis) is 1. The number of amides is 1. The number of carbonyl (C=O) groups is 3. The fourth-order valence-corrected chi connectivity index (χ4v) is 4.22. The Morgan fingerprint density at radius 2 is 1.88 bits per heavy atom. The fraction of sp³-hybridized carbons (Fsp3) is 0.471. The van der Waals surface area contributed by atoms with Crippen molar-refractivity contribution in [1.82, 2.24) is 5.32 Å². The molecule has 2 fully saturated rings. The van der Waals surface area contributed by atoms with E-state index in [0.29, 0.717) is 19.3 Å². The summed E-state index contributed by atoms with van der Waals surface area (Å²) in [6.45, 7) is -0.00575. The van der Waals surface area contributed by atoms with Crippen molar-refractivity contribution in [2.24, 2.45) is 17.8 Å². The second-order valence-corrected chi connectivity index (χ2v) is 6.45. The van der Waals surface area contributed by atoms with E-state index in [9.17, 15) is 24.6 Å². The quantitative estimate of drug-likeness (QED) is 0.758. The lowest BCUT2D eigenvalue weighted by Crippen LogP contribution is -2.64. The van der Waals surface area contributed by atoms with Crippen LogP contribution in [0.4, 0.5) is 4.79 Å². The number of carboxylic acids is 2. The molecule has 2 saturated carbocycles. The first-order valence-electron chi connectivity index (χ1n) is 7.90. The Hall–Kier alpha value is -2.57. The molecule has 2 bridgehead atoms. The number of fused-ring (bicyclic) bond motifs is 2. The lowest BCUT2D eigenvalue weighted by Gasteiger charge is -2.38. The Balaban J connectivity index is 1.75. The first-order valence-corrected chi connectivity index (χ1v) is 7.90. The van der Waals surface area contributed by atoms with Crippen LogP contribution in [0, 0.1) is 17.8 Å². The minimum atomic E-state index is -1.79. The minimum Gasteiger partial charge on any atom is -0.481 e. The minimum absolute atomic E-state index is 0.00575. The summed E-state index contributed by atoms with van der Waals surface area (Å²) in [5, 5.41) is 21.6. The van der Waals surface area contributed by atoms with E-state index in [1.807, 2.05) is 6.07 Å². The van der Waals surface area contributed by atoms with Gasteiger partial charge in [0.2, 0.25) is 0 Å². The van der Waals surface area contributed by atoms with Gasteiger partial charge in [-0.05, 0) is 36.7 Å². The van der Waals surface area contributed by atoms with Crippen LogP contribution in [0.15, 0.2) is 30.3 Å². The third-order valence-electron chi connectivity index (χ3n) is 5.22. The molecular weight excluding hydrogens is 314 g/mol. The first-order chi connectivity index (χ1) is 11.4. The molecule has 7 heteroatoms. The molecule has 0 heterocycles. The average molecular weight is 333 g/mol. The number of rotatable bonds is 5. The third kappa shape index (κ3) is 2.60. The second kappa shape index (κ2) is 6.14. The van der Waals surface area contributed by atoms with E-state index in [1.54, 1.807) is 24.3 Å². The summed E-state index contributed by atoms with van der Waals surface area (Å²) in [4.78, 5) is 35.7. The van der Waals surface area contributed by atoms with Crippen molar-refractivity contribution in [2.75, 3.05) is 0 Å². The van der Waals surface area contributed by atoms with Gasteiger partial charge >= 0.3 is 18.0 Å². The van der Waals surface area contributed by atoms with Crippen molar-refractivity contribution in [1.29, 1.82) is 0 Å². The van der Waals surface area contributed by atoms with E-state index >= 15 is 0 Å². The van der Waals surface area contributed by atoms with Crippen LogP contribution in [0.2, 0.25) is 0 Å². The van der Waals surface area contributed by atoms with Gasteiger partial charge in [-0.3, -0.25) is 4.79 Å². The van der Waals surface area contributed by atoms with Gasteiger partial charge in [0, 0.05) is 0 Å². The van der Waals surface area contributed by atoms with Crippen LogP contribution in [0.25, 0.3) is 0 Å². The van der Waals surface area contributed by atoms with E-state index in [1.165, 1.54) is 0 Å². The summed E-state index contributed by atoms with van der Waals surface area (Å²) < 4.78 is 5.09. The number of hydrogen-bond donors (Lipinski definition) is 3. The van der Waals surface area contributed by atoms with E-state index < -0.39 is 29.5 Å². The van der Waals surface area contributed by atoms with Crippen LogP contribution < -0.4 is 5.32 Å². The molecule has 1 aromatic rings. The predicted octanol–water partition coefficient (Wildman–Crippen LogP) is 1.87. The molecule has 0 saturated heterocycles. The summed E-state index contributed by atoms with van der Waals surface area (Å²) >= 11 is 0. The topological polar surface area (TPSA) is 113 Å². The van der Waals surface area contributed by atoms with Crippen LogP contribution >= 0.6 is 0 Å². The molecule has 2 aliphatic rings. The first kappa shape index (κ1) is 16.3. The molecule has 0 aliphatic heterocycles. The van der Waals surface area contributed by atoms with Gasteiger partial charge in [0.25, 0.3) is 0 Å². The Kier molecular flexibility index (Phi) is 4.17. The Labute approximate surface area is 138 Å². The van der Waals surface area contributed by atoms with Gasteiger partial charge < -0.3 is 20.3 Å². The maximum absolute atomic E-state index is 12.1. The van der Waals surface area contributed by atoms with Crippen molar-refractivity contribution in [3.8, 4) is 0 Å². The highest BCUT2D eigenvalue weighted by Gasteiger charge is 2.66. The highest BCUT2D eigenvalue weighted by Crippen LogP contribution is 2.54. The van der Waals surface area contributed by atoms with E-state index in [0.717, 1.165) is 5.56 Å². The lowest BCUT2D eigenvalue weighted by molar-refractivity contribution is -0.160. The number of aliphatic carboxylic acids is 2. The van der Waals surface area contributed by atoms with E-state index in [-0.39, 0.29) is 18.4 Å². The second-order valence-electron chi connectivity index (χ2n) is 6.45. The zero-order valence-corrected chi connectivity index (χ0v) is 13.0. The van der Waals surface area contributed by atoms with Crippen molar-refractivity contribution >= 4 is 18.0 Å². The smallest absolute Gasteiger partial charge is 0.408 e. The molecule has 1 amide bonds. The lowest BCUT2D eigenvalue weighted by atomic mass is 9.72. The summed E-state index contributed by atoms with van der Waals surface area (Å²) in [6.07, 6.45) is 0.874. The summed E-state index contributed by atoms with van der Waals surface area (Å²) in [5.41, 5.74) is -1.03. The number of ether oxygens (including phenoxy) is 1. The molecule has 4 atom stereocenters. The zero-order chi connectivity index (χ0) is 17.3. The third-order valence-corrected chi connectivity index (χ3v) is 5.22.